The molecule has 1 aromatic heterocycles. The standard InChI is InChI=1S/C26H19Cl2N3S/c1-17-9-11-19(12-10-17)25-29-30-26(32-16-20-13-14-21(27)15-23(20)28)31(25)24-8-4-6-18-5-2-3-7-22(18)24/h2-15H,16H2,1H3. The van der Waals surface area contributed by atoms with E-state index in [2.05, 4.69) is 88.4 Å². The summed E-state index contributed by atoms with van der Waals surface area (Å²) in [6.45, 7) is 2.08. The molecule has 0 aliphatic heterocycles. The van der Waals surface area contributed by atoms with E-state index in [0.717, 1.165) is 33.2 Å². The van der Waals surface area contributed by atoms with Crippen molar-refractivity contribution >= 4 is 45.7 Å². The molecule has 0 atom stereocenters. The molecule has 3 nitrogen and oxygen atoms in total. The van der Waals surface area contributed by atoms with Crippen molar-refractivity contribution in [1.29, 1.82) is 0 Å². The Bertz CT molecular complexity index is 1410. The van der Waals surface area contributed by atoms with Crippen molar-refractivity contribution in [3.05, 3.63) is 106 Å². The van der Waals surface area contributed by atoms with Gasteiger partial charge in [0.1, 0.15) is 0 Å². The van der Waals surface area contributed by atoms with Crippen LogP contribution in [0, 0.1) is 6.92 Å². The Morgan fingerprint density at radius 1 is 0.844 bits per heavy atom. The van der Waals surface area contributed by atoms with Crippen molar-refractivity contribution in [1.82, 2.24) is 14.8 Å². The number of thioether (sulfide) groups is 1. The zero-order valence-electron chi connectivity index (χ0n) is 17.3. The van der Waals surface area contributed by atoms with Crippen LogP contribution in [-0.2, 0) is 5.75 Å². The van der Waals surface area contributed by atoms with Crippen LogP contribution >= 0.6 is 35.0 Å². The van der Waals surface area contributed by atoms with Crippen molar-refractivity contribution in [2.75, 3.05) is 0 Å². The van der Waals surface area contributed by atoms with E-state index < -0.39 is 0 Å². The van der Waals surface area contributed by atoms with Gasteiger partial charge in [-0.15, -0.1) is 10.2 Å². The summed E-state index contributed by atoms with van der Waals surface area (Å²) >= 11 is 14.1. The smallest absolute Gasteiger partial charge is 0.196 e. The van der Waals surface area contributed by atoms with Gasteiger partial charge in [0.25, 0.3) is 0 Å². The van der Waals surface area contributed by atoms with Crippen LogP contribution in [0.25, 0.3) is 27.8 Å². The van der Waals surface area contributed by atoms with Crippen LogP contribution in [0.3, 0.4) is 0 Å². The first-order chi connectivity index (χ1) is 15.6. The lowest BCUT2D eigenvalue weighted by atomic mass is 10.1. The molecule has 6 heteroatoms. The number of fused-ring (bicyclic) bond motifs is 1. The molecule has 5 rings (SSSR count). The third kappa shape index (κ3) is 4.14. The second-order valence-electron chi connectivity index (χ2n) is 7.53. The van der Waals surface area contributed by atoms with Crippen molar-refractivity contribution in [3.63, 3.8) is 0 Å². The molecule has 0 aliphatic rings. The first-order valence-corrected chi connectivity index (χ1v) is 11.9. The van der Waals surface area contributed by atoms with Gasteiger partial charge in [-0.25, -0.2) is 0 Å². The molecule has 0 N–H and O–H groups in total. The fourth-order valence-electron chi connectivity index (χ4n) is 3.65. The Balaban J connectivity index is 1.63. The fraction of sp³-hybridized carbons (Fsp3) is 0.0769. The lowest BCUT2D eigenvalue weighted by Gasteiger charge is -2.13. The quantitative estimate of drug-likeness (QED) is 0.241. The van der Waals surface area contributed by atoms with E-state index in [4.69, 9.17) is 23.2 Å². The first kappa shape index (κ1) is 21.1. The van der Waals surface area contributed by atoms with Crippen LogP contribution in [0.2, 0.25) is 10.0 Å². The summed E-state index contributed by atoms with van der Waals surface area (Å²) in [4.78, 5) is 0. The van der Waals surface area contributed by atoms with Gasteiger partial charge in [0, 0.05) is 26.7 Å². The highest BCUT2D eigenvalue weighted by Gasteiger charge is 2.18. The zero-order valence-corrected chi connectivity index (χ0v) is 19.6. The second kappa shape index (κ2) is 8.99. The van der Waals surface area contributed by atoms with E-state index in [1.165, 1.54) is 10.9 Å². The van der Waals surface area contributed by atoms with E-state index in [0.29, 0.717) is 15.8 Å². The summed E-state index contributed by atoms with van der Waals surface area (Å²) in [5, 5.41) is 13.6. The van der Waals surface area contributed by atoms with E-state index in [-0.39, 0.29) is 0 Å². The van der Waals surface area contributed by atoms with E-state index >= 15 is 0 Å². The van der Waals surface area contributed by atoms with Gasteiger partial charge < -0.3 is 0 Å². The molecule has 0 spiro atoms. The average Bonchev–Trinajstić information content (AvgIpc) is 3.22. The zero-order chi connectivity index (χ0) is 22.1. The number of aromatic nitrogens is 3. The molecule has 1 heterocycles. The van der Waals surface area contributed by atoms with Crippen molar-refractivity contribution in [2.45, 2.75) is 17.8 Å². The van der Waals surface area contributed by atoms with Gasteiger partial charge in [0.15, 0.2) is 11.0 Å². The van der Waals surface area contributed by atoms with Crippen molar-refractivity contribution in [2.24, 2.45) is 0 Å². The Morgan fingerprint density at radius 2 is 1.62 bits per heavy atom. The number of benzene rings is 4. The number of rotatable bonds is 5. The topological polar surface area (TPSA) is 30.7 Å². The Kier molecular flexibility index (Phi) is 5.92. The van der Waals surface area contributed by atoms with E-state index in [1.807, 2.05) is 12.1 Å². The van der Waals surface area contributed by atoms with Gasteiger partial charge >= 0.3 is 0 Å². The minimum absolute atomic E-state index is 0.629. The van der Waals surface area contributed by atoms with Crippen molar-refractivity contribution < 1.29 is 0 Å². The molecule has 0 radical (unpaired) electrons. The second-order valence-corrected chi connectivity index (χ2v) is 9.32. The maximum absolute atomic E-state index is 6.41. The molecular formula is C26H19Cl2N3S. The lowest BCUT2D eigenvalue weighted by molar-refractivity contribution is 0.891. The van der Waals surface area contributed by atoms with Crippen LogP contribution in [0.5, 0.6) is 0 Å². The molecule has 32 heavy (non-hydrogen) atoms. The molecule has 0 bridgehead atoms. The summed E-state index contributed by atoms with van der Waals surface area (Å²) in [6, 6.07) is 28.6. The normalized spacial score (nSPS) is 11.2. The van der Waals surface area contributed by atoms with E-state index in [1.54, 1.807) is 17.8 Å². The predicted octanol–water partition coefficient (Wildman–Crippen LogP) is 8.00. The van der Waals surface area contributed by atoms with E-state index in [9.17, 15) is 0 Å². The van der Waals surface area contributed by atoms with Crippen LogP contribution in [0.4, 0.5) is 0 Å². The largest absolute Gasteiger partial charge is 0.269 e. The highest BCUT2D eigenvalue weighted by atomic mass is 35.5. The maximum Gasteiger partial charge on any atom is 0.196 e. The third-order valence-corrected chi connectivity index (χ3v) is 6.89. The molecule has 0 saturated carbocycles. The molecular weight excluding hydrogens is 457 g/mol. The van der Waals surface area contributed by atoms with Gasteiger partial charge in [0.05, 0.1) is 5.69 Å². The molecule has 5 aromatic rings. The Morgan fingerprint density at radius 3 is 2.44 bits per heavy atom. The Labute approximate surface area is 201 Å². The van der Waals surface area contributed by atoms with Gasteiger partial charge in [-0.1, -0.05) is 107 Å². The fourth-order valence-corrected chi connectivity index (χ4v) is 5.16. The van der Waals surface area contributed by atoms with Gasteiger partial charge in [0.2, 0.25) is 0 Å². The summed E-state index contributed by atoms with van der Waals surface area (Å²) in [5.74, 6) is 1.47. The summed E-state index contributed by atoms with van der Waals surface area (Å²) < 4.78 is 2.14. The van der Waals surface area contributed by atoms with Crippen LogP contribution in [0.15, 0.2) is 90.1 Å². The molecule has 0 fully saturated rings. The summed E-state index contributed by atoms with van der Waals surface area (Å²) in [5.41, 5.74) is 4.28. The van der Waals surface area contributed by atoms with Crippen LogP contribution in [0.1, 0.15) is 11.1 Å². The maximum atomic E-state index is 6.41. The summed E-state index contributed by atoms with van der Waals surface area (Å²) in [6.07, 6.45) is 0. The molecule has 0 amide bonds. The molecule has 0 aliphatic carbocycles. The minimum atomic E-state index is 0.629. The lowest BCUT2D eigenvalue weighted by Crippen LogP contribution is -2.01. The van der Waals surface area contributed by atoms with Crippen molar-refractivity contribution in [3.8, 4) is 17.1 Å². The number of nitrogens with zero attached hydrogens (tertiary/aromatic N) is 3. The number of hydrogen-bond acceptors (Lipinski definition) is 3. The van der Waals surface area contributed by atoms with Gasteiger partial charge in [-0.2, -0.15) is 0 Å². The minimum Gasteiger partial charge on any atom is -0.269 e. The average molecular weight is 476 g/mol. The number of aryl methyl sites for hydroxylation is 1. The first-order valence-electron chi connectivity index (χ1n) is 10.2. The molecule has 0 saturated heterocycles. The Hall–Kier alpha value is -2.79. The highest BCUT2D eigenvalue weighted by molar-refractivity contribution is 7.98. The predicted molar refractivity (Wildman–Crippen MR) is 135 cm³/mol. The highest BCUT2D eigenvalue weighted by Crippen LogP contribution is 2.34. The monoisotopic (exact) mass is 475 g/mol. The van der Waals surface area contributed by atoms with Crippen LogP contribution < -0.4 is 0 Å². The number of halogens is 2. The van der Waals surface area contributed by atoms with Gasteiger partial charge in [-0.05, 0) is 36.1 Å². The SMILES string of the molecule is Cc1ccc(-c2nnc(SCc3ccc(Cl)cc3Cl)n2-c2cccc3ccccc23)cc1. The third-order valence-electron chi connectivity index (χ3n) is 5.32. The summed E-state index contributed by atoms with van der Waals surface area (Å²) in [7, 11) is 0. The molecule has 0 unspecified atom stereocenters. The number of hydrogen-bond donors (Lipinski definition) is 0. The molecule has 158 valence electrons. The molecule has 4 aromatic carbocycles. The van der Waals surface area contributed by atoms with Gasteiger partial charge in [-0.3, -0.25) is 4.57 Å². The van der Waals surface area contributed by atoms with Crippen LogP contribution in [-0.4, -0.2) is 14.8 Å².